The lowest BCUT2D eigenvalue weighted by atomic mass is 10.0. The molecule has 0 radical (unpaired) electrons. The monoisotopic (exact) mass is 506 g/mol. The van der Waals surface area contributed by atoms with Gasteiger partial charge < -0.3 is 19.4 Å². The molecule has 1 aliphatic heterocycles. The summed E-state index contributed by atoms with van der Waals surface area (Å²) in [6.07, 6.45) is 0. The van der Waals surface area contributed by atoms with Crippen molar-refractivity contribution in [2.24, 2.45) is 0 Å². The van der Waals surface area contributed by atoms with E-state index in [1.54, 1.807) is 37.3 Å². The molecule has 7 nitrogen and oxygen atoms in total. The first-order valence-electron chi connectivity index (χ1n) is 11.8. The van der Waals surface area contributed by atoms with Gasteiger partial charge in [0.15, 0.2) is 5.43 Å². The maximum Gasteiger partial charge on any atom is 0.193 e. The van der Waals surface area contributed by atoms with Gasteiger partial charge >= 0.3 is 0 Å². The fourth-order valence-corrected chi connectivity index (χ4v) is 4.54. The Balaban J connectivity index is 1.30. The predicted molar refractivity (Wildman–Crippen MR) is 140 cm³/mol. The number of morpholine rings is 1. The lowest BCUT2D eigenvalue weighted by Gasteiger charge is -2.26. The standard InChI is InChI=1S/C28H27ClN2O5/c1-19-27(31(33)26-10-7-21(29)17-25(26)28(19)32)20-5-8-22(9-6-20)36-24-4-2-3-23(18-24)35-16-13-30-11-14-34-15-12-30/h2-10,17-18,33H,11-16H2,1H3. The quantitative estimate of drug-likeness (QED) is 0.340. The molecule has 1 N–H and O–H groups in total. The van der Waals surface area contributed by atoms with E-state index in [0.717, 1.165) is 43.3 Å². The molecule has 4 aromatic rings. The Morgan fingerprint density at radius 2 is 1.72 bits per heavy atom. The molecule has 0 bridgehead atoms. The zero-order chi connectivity index (χ0) is 25.1. The number of halogens is 1. The van der Waals surface area contributed by atoms with Crippen molar-refractivity contribution in [1.82, 2.24) is 9.63 Å². The van der Waals surface area contributed by atoms with Gasteiger partial charge in [-0.05, 0) is 61.5 Å². The molecule has 0 saturated carbocycles. The van der Waals surface area contributed by atoms with E-state index in [4.69, 9.17) is 25.8 Å². The van der Waals surface area contributed by atoms with Crippen LogP contribution in [0.5, 0.6) is 17.2 Å². The predicted octanol–water partition coefficient (Wildman–Crippen LogP) is 5.37. The summed E-state index contributed by atoms with van der Waals surface area (Å²) in [7, 11) is 0. The highest BCUT2D eigenvalue weighted by Gasteiger charge is 2.16. The zero-order valence-electron chi connectivity index (χ0n) is 19.9. The highest BCUT2D eigenvalue weighted by Crippen LogP contribution is 2.30. The van der Waals surface area contributed by atoms with Crippen molar-refractivity contribution in [3.8, 4) is 28.5 Å². The first-order chi connectivity index (χ1) is 17.5. The van der Waals surface area contributed by atoms with Crippen LogP contribution in [0.25, 0.3) is 22.2 Å². The van der Waals surface area contributed by atoms with Crippen LogP contribution in [0.2, 0.25) is 5.02 Å². The van der Waals surface area contributed by atoms with Crippen LogP contribution in [-0.2, 0) is 4.74 Å². The van der Waals surface area contributed by atoms with Crippen LogP contribution in [0.15, 0.2) is 71.5 Å². The van der Waals surface area contributed by atoms with Crippen molar-refractivity contribution in [3.63, 3.8) is 0 Å². The fraction of sp³-hybridized carbons (Fsp3) is 0.250. The minimum absolute atomic E-state index is 0.168. The normalized spacial score (nSPS) is 14.2. The van der Waals surface area contributed by atoms with Crippen molar-refractivity contribution in [1.29, 1.82) is 0 Å². The molecule has 0 spiro atoms. The van der Waals surface area contributed by atoms with Crippen LogP contribution >= 0.6 is 11.6 Å². The molecule has 1 aliphatic rings. The summed E-state index contributed by atoms with van der Waals surface area (Å²) in [5.41, 5.74) is 1.78. The van der Waals surface area contributed by atoms with Gasteiger partial charge in [-0.3, -0.25) is 9.69 Å². The van der Waals surface area contributed by atoms with Crippen LogP contribution in [-0.4, -0.2) is 54.3 Å². The van der Waals surface area contributed by atoms with Gasteiger partial charge in [0, 0.05) is 41.9 Å². The summed E-state index contributed by atoms with van der Waals surface area (Å²) in [6.45, 7) is 6.55. The third-order valence-corrected chi connectivity index (χ3v) is 6.52. The second-order valence-electron chi connectivity index (χ2n) is 8.68. The lowest BCUT2D eigenvalue weighted by Crippen LogP contribution is -2.38. The van der Waals surface area contributed by atoms with Gasteiger partial charge in [-0.1, -0.05) is 17.7 Å². The van der Waals surface area contributed by atoms with E-state index in [2.05, 4.69) is 4.90 Å². The molecule has 186 valence electrons. The third kappa shape index (κ3) is 5.18. The van der Waals surface area contributed by atoms with Crippen LogP contribution in [0, 0.1) is 6.92 Å². The molecule has 8 heteroatoms. The van der Waals surface area contributed by atoms with E-state index in [9.17, 15) is 10.0 Å². The Bertz CT molecular complexity index is 1430. The van der Waals surface area contributed by atoms with E-state index >= 15 is 0 Å². The van der Waals surface area contributed by atoms with E-state index < -0.39 is 0 Å². The van der Waals surface area contributed by atoms with Gasteiger partial charge in [-0.15, -0.1) is 0 Å². The number of fused-ring (bicyclic) bond motifs is 1. The number of hydrogen-bond donors (Lipinski definition) is 1. The van der Waals surface area contributed by atoms with E-state index in [1.807, 2.05) is 36.4 Å². The molecule has 1 saturated heterocycles. The summed E-state index contributed by atoms with van der Waals surface area (Å²) >= 11 is 6.05. The summed E-state index contributed by atoms with van der Waals surface area (Å²) in [6, 6.07) is 19.6. The molecule has 0 atom stereocenters. The SMILES string of the molecule is Cc1c(-c2ccc(Oc3cccc(OCCN4CCOCC4)c3)cc2)n(O)c2ccc(Cl)cc2c1=O. The molecule has 1 fully saturated rings. The van der Waals surface area contributed by atoms with Crippen LogP contribution in [0.1, 0.15) is 5.56 Å². The minimum atomic E-state index is -0.168. The molecular formula is C28H27ClN2O5. The van der Waals surface area contributed by atoms with Crippen molar-refractivity contribution in [2.75, 3.05) is 39.5 Å². The van der Waals surface area contributed by atoms with Gasteiger partial charge in [0.1, 0.15) is 23.9 Å². The molecule has 0 unspecified atom stereocenters. The van der Waals surface area contributed by atoms with Crippen molar-refractivity contribution >= 4 is 22.5 Å². The van der Waals surface area contributed by atoms with Crippen LogP contribution in [0.4, 0.5) is 0 Å². The van der Waals surface area contributed by atoms with Crippen molar-refractivity contribution in [2.45, 2.75) is 6.92 Å². The number of benzene rings is 3. The first-order valence-corrected chi connectivity index (χ1v) is 12.2. The molecule has 1 aromatic heterocycles. The van der Waals surface area contributed by atoms with Crippen molar-refractivity contribution in [3.05, 3.63) is 87.5 Å². The summed E-state index contributed by atoms with van der Waals surface area (Å²) < 4.78 is 18.3. The number of hydrogen-bond acceptors (Lipinski definition) is 6. The Labute approximate surface area is 214 Å². The Kier molecular flexibility index (Phi) is 7.13. The van der Waals surface area contributed by atoms with E-state index in [1.165, 1.54) is 0 Å². The molecule has 2 heterocycles. The Morgan fingerprint density at radius 1 is 0.972 bits per heavy atom. The summed E-state index contributed by atoms with van der Waals surface area (Å²) in [5, 5.41) is 11.7. The smallest absolute Gasteiger partial charge is 0.193 e. The highest BCUT2D eigenvalue weighted by molar-refractivity contribution is 6.31. The largest absolute Gasteiger partial charge is 0.492 e. The Hall–Kier alpha value is -3.52. The van der Waals surface area contributed by atoms with E-state index in [0.29, 0.717) is 50.9 Å². The maximum atomic E-state index is 12.9. The maximum absolute atomic E-state index is 12.9. The summed E-state index contributed by atoms with van der Waals surface area (Å²) in [5.74, 6) is 2.03. The van der Waals surface area contributed by atoms with Crippen molar-refractivity contribution < 1.29 is 19.4 Å². The molecule has 5 rings (SSSR count). The second-order valence-corrected chi connectivity index (χ2v) is 9.12. The van der Waals surface area contributed by atoms with Crippen LogP contribution in [0.3, 0.4) is 0 Å². The number of aromatic nitrogens is 1. The fourth-order valence-electron chi connectivity index (χ4n) is 4.36. The number of pyridine rings is 1. The van der Waals surface area contributed by atoms with Gasteiger partial charge in [-0.25, -0.2) is 0 Å². The van der Waals surface area contributed by atoms with E-state index in [-0.39, 0.29) is 5.43 Å². The van der Waals surface area contributed by atoms with Gasteiger partial charge in [0.25, 0.3) is 0 Å². The number of rotatable bonds is 7. The topological polar surface area (TPSA) is 73.2 Å². The average Bonchev–Trinajstić information content (AvgIpc) is 2.89. The minimum Gasteiger partial charge on any atom is -0.492 e. The number of nitrogens with zero attached hydrogens (tertiary/aromatic N) is 2. The molecular weight excluding hydrogens is 480 g/mol. The van der Waals surface area contributed by atoms with Gasteiger partial charge in [0.2, 0.25) is 0 Å². The lowest BCUT2D eigenvalue weighted by molar-refractivity contribution is 0.0322. The highest BCUT2D eigenvalue weighted by atomic mass is 35.5. The Morgan fingerprint density at radius 3 is 2.50 bits per heavy atom. The first kappa shape index (κ1) is 24.2. The van der Waals surface area contributed by atoms with Gasteiger partial charge in [-0.2, -0.15) is 4.73 Å². The third-order valence-electron chi connectivity index (χ3n) is 6.29. The molecule has 0 amide bonds. The van der Waals surface area contributed by atoms with Gasteiger partial charge in [0.05, 0.1) is 29.8 Å². The molecule has 36 heavy (non-hydrogen) atoms. The zero-order valence-corrected chi connectivity index (χ0v) is 20.7. The molecule has 0 aliphatic carbocycles. The average molecular weight is 507 g/mol. The molecule has 3 aromatic carbocycles. The second kappa shape index (κ2) is 10.6. The summed E-state index contributed by atoms with van der Waals surface area (Å²) in [4.78, 5) is 15.2. The number of ether oxygens (including phenoxy) is 3. The van der Waals surface area contributed by atoms with Crippen LogP contribution < -0.4 is 14.9 Å².